The third-order valence-electron chi connectivity index (χ3n) is 15.5. The smallest absolute Gasteiger partial charge is 0.135 e. The summed E-state index contributed by atoms with van der Waals surface area (Å²) in [4.78, 5) is 2.50. The third kappa shape index (κ3) is 5.65. The van der Waals surface area contributed by atoms with Gasteiger partial charge in [0, 0.05) is 28.1 Å². The van der Waals surface area contributed by atoms with Gasteiger partial charge < -0.3 is 9.64 Å². The van der Waals surface area contributed by atoms with Gasteiger partial charge in [-0.2, -0.15) is 0 Å². The number of nitrogens with zero attached hydrogens (tertiary/aromatic N) is 1. The van der Waals surface area contributed by atoms with Crippen LogP contribution in [-0.2, 0) is 5.41 Å². The summed E-state index contributed by atoms with van der Waals surface area (Å²) < 4.78 is 6.72. The molecule has 0 bridgehead atoms. The highest BCUT2D eigenvalue weighted by Gasteiger charge is 2.51. The maximum absolute atomic E-state index is 6.72. The molecule has 0 fully saturated rings. The number of anilines is 3. The van der Waals surface area contributed by atoms with Gasteiger partial charge in [-0.05, 0) is 136 Å². The van der Waals surface area contributed by atoms with E-state index in [1.165, 1.54) is 77.2 Å². The molecule has 1 unspecified atom stereocenters. The quantitative estimate of drug-likeness (QED) is 0.163. The lowest BCUT2D eigenvalue weighted by atomic mass is 9.64. The van der Waals surface area contributed by atoms with Crippen molar-refractivity contribution in [3.05, 3.63) is 283 Å². The van der Waals surface area contributed by atoms with Crippen LogP contribution in [0.3, 0.4) is 0 Å². The van der Waals surface area contributed by atoms with Crippen LogP contribution in [-0.4, -0.2) is 0 Å². The molecule has 1 aliphatic heterocycles. The number of hydrogen-bond acceptors (Lipinski definition) is 2. The lowest BCUT2D eigenvalue weighted by molar-refractivity contribution is 0.488. The zero-order chi connectivity index (χ0) is 46.6. The number of fused-ring (bicyclic) bond motifs is 22. The fourth-order valence-electron chi connectivity index (χ4n) is 12.7. The zero-order valence-electron chi connectivity index (χ0n) is 38.7. The molecule has 2 aliphatic carbocycles. The van der Waals surface area contributed by atoms with Crippen LogP contribution in [0.5, 0.6) is 11.5 Å². The molecule has 0 amide bonds. The van der Waals surface area contributed by atoms with Gasteiger partial charge in [-0.15, -0.1) is 0 Å². The highest BCUT2D eigenvalue weighted by molar-refractivity contribution is 6.20. The van der Waals surface area contributed by atoms with Crippen molar-refractivity contribution in [3.63, 3.8) is 0 Å². The van der Waals surface area contributed by atoms with Crippen LogP contribution in [0.1, 0.15) is 22.3 Å². The number of rotatable bonds is 4. The normalized spacial score (nSPS) is 14.4. The van der Waals surface area contributed by atoms with Gasteiger partial charge >= 0.3 is 0 Å². The molecule has 15 rings (SSSR count). The Morgan fingerprint density at radius 2 is 0.732 bits per heavy atom. The van der Waals surface area contributed by atoms with Crippen molar-refractivity contribution in [1.29, 1.82) is 0 Å². The van der Waals surface area contributed by atoms with E-state index in [4.69, 9.17) is 4.74 Å². The second kappa shape index (κ2) is 15.4. The first kappa shape index (κ1) is 39.7. The Bertz CT molecular complexity index is 4170. The number of para-hydroxylation sites is 3. The van der Waals surface area contributed by atoms with E-state index in [0.29, 0.717) is 0 Å². The first-order valence-electron chi connectivity index (χ1n) is 24.6. The maximum atomic E-state index is 6.72. The van der Waals surface area contributed by atoms with Crippen molar-refractivity contribution < 1.29 is 4.74 Å². The molecule has 0 N–H and O–H groups in total. The summed E-state index contributed by atoms with van der Waals surface area (Å²) in [6.45, 7) is 0. The molecule has 0 radical (unpaired) electrons. The number of ether oxygens (including phenoxy) is 1. The second-order valence-electron chi connectivity index (χ2n) is 19.0. The molecule has 1 atom stereocenters. The van der Waals surface area contributed by atoms with Gasteiger partial charge in [-0.3, -0.25) is 0 Å². The molecular weight excluding hydrogens is 859 g/mol. The predicted molar refractivity (Wildman–Crippen MR) is 294 cm³/mol. The monoisotopic (exact) mass is 901 g/mol. The number of hydrogen-bond donors (Lipinski definition) is 0. The molecule has 0 aromatic heterocycles. The van der Waals surface area contributed by atoms with E-state index in [2.05, 4.69) is 266 Å². The molecule has 12 aromatic carbocycles. The van der Waals surface area contributed by atoms with E-state index in [1.807, 2.05) is 0 Å². The SMILES string of the molecule is c1ccc(-c2ccccc2N(c2ccc3c(c2)-c2ccccc2Oc2ccccc2-3)c2ccc3c(c2)C2(c4ccccc4-c4ccccc4-3)c3ccccc3-c3c2c2ccccc2c2ccccc32)cc1. The van der Waals surface area contributed by atoms with Gasteiger partial charge in [0.15, 0.2) is 0 Å². The van der Waals surface area contributed by atoms with E-state index in [-0.39, 0.29) is 0 Å². The third-order valence-corrected chi connectivity index (χ3v) is 15.5. The highest BCUT2D eigenvalue weighted by Crippen LogP contribution is 2.65. The van der Waals surface area contributed by atoms with Crippen LogP contribution in [0, 0.1) is 0 Å². The number of benzene rings is 12. The molecule has 2 heteroatoms. The Hall–Kier alpha value is -9.24. The molecule has 1 heterocycles. The average Bonchev–Trinajstić information content (AvgIpc) is 3.61. The van der Waals surface area contributed by atoms with Gasteiger partial charge in [0.2, 0.25) is 0 Å². The topological polar surface area (TPSA) is 12.5 Å². The summed E-state index contributed by atoms with van der Waals surface area (Å²) in [5.41, 5.74) is 21.9. The van der Waals surface area contributed by atoms with Crippen LogP contribution in [0.15, 0.2) is 261 Å². The molecule has 1 spiro atoms. The fraction of sp³-hybridized carbons (Fsp3) is 0.0145. The Morgan fingerprint density at radius 1 is 0.282 bits per heavy atom. The minimum Gasteiger partial charge on any atom is -0.456 e. The first-order chi connectivity index (χ1) is 35.3. The van der Waals surface area contributed by atoms with E-state index < -0.39 is 5.41 Å². The van der Waals surface area contributed by atoms with Crippen LogP contribution < -0.4 is 9.64 Å². The van der Waals surface area contributed by atoms with Crippen LogP contribution >= 0.6 is 0 Å². The molecule has 0 saturated heterocycles. The maximum Gasteiger partial charge on any atom is 0.135 e. The van der Waals surface area contributed by atoms with E-state index >= 15 is 0 Å². The molecule has 3 aliphatic rings. The van der Waals surface area contributed by atoms with Crippen LogP contribution in [0.4, 0.5) is 17.1 Å². The Morgan fingerprint density at radius 3 is 1.44 bits per heavy atom. The summed E-state index contributed by atoms with van der Waals surface area (Å²) in [5, 5.41) is 5.08. The van der Waals surface area contributed by atoms with Crippen molar-refractivity contribution >= 4 is 38.6 Å². The summed E-state index contributed by atoms with van der Waals surface area (Å²) in [6.07, 6.45) is 0. The molecule has 2 nitrogen and oxygen atoms in total. The zero-order valence-corrected chi connectivity index (χ0v) is 38.7. The molecule has 330 valence electrons. The van der Waals surface area contributed by atoms with E-state index in [0.717, 1.165) is 61.9 Å². The minimum atomic E-state index is -0.727. The molecular formula is C69H43NO. The van der Waals surface area contributed by atoms with Gasteiger partial charge in [0.25, 0.3) is 0 Å². The van der Waals surface area contributed by atoms with Gasteiger partial charge in [-0.25, -0.2) is 0 Å². The Balaban J connectivity index is 1.09. The molecule has 12 aromatic rings. The minimum absolute atomic E-state index is 0.727. The summed E-state index contributed by atoms with van der Waals surface area (Å²) >= 11 is 0. The van der Waals surface area contributed by atoms with Crippen molar-refractivity contribution in [2.45, 2.75) is 5.41 Å². The summed E-state index contributed by atoms with van der Waals surface area (Å²) in [6, 6.07) is 96.6. The van der Waals surface area contributed by atoms with Crippen LogP contribution in [0.25, 0.3) is 88.3 Å². The Kier molecular flexibility index (Phi) is 8.61. The second-order valence-corrected chi connectivity index (χ2v) is 19.0. The van der Waals surface area contributed by atoms with Crippen molar-refractivity contribution in [2.24, 2.45) is 0 Å². The first-order valence-corrected chi connectivity index (χ1v) is 24.6. The summed E-state index contributed by atoms with van der Waals surface area (Å²) in [5.74, 6) is 1.70. The van der Waals surface area contributed by atoms with E-state index in [1.54, 1.807) is 0 Å². The Labute approximate surface area is 413 Å². The standard InChI is InChI=1S/C69H43NO/c1-2-20-44(21-3-1)47-22-12-17-35-64(47)70(45-38-40-52-55-28-13-18-36-65(55)71-66-37-19-14-29-56(66)60(52)42-45)46-39-41-54-49-24-5-4-23-48(49)53-27-10-15-33-61(53)69(63(54)43-46)62-34-16-11-32-59(62)67-57-30-8-6-25-50(57)51-26-7-9-31-58(51)68(67)69/h1-43H. The van der Waals surface area contributed by atoms with E-state index in [9.17, 15) is 0 Å². The fourth-order valence-corrected chi connectivity index (χ4v) is 12.7. The van der Waals surface area contributed by atoms with Gasteiger partial charge in [0.05, 0.1) is 11.1 Å². The van der Waals surface area contributed by atoms with Crippen molar-refractivity contribution in [1.82, 2.24) is 0 Å². The predicted octanol–water partition coefficient (Wildman–Crippen LogP) is 18.6. The van der Waals surface area contributed by atoms with Crippen molar-refractivity contribution in [2.75, 3.05) is 4.90 Å². The van der Waals surface area contributed by atoms with Crippen LogP contribution in [0.2, 0.25) is 0 Å². The molecule has 0 saturated carbocycles. The lowest BCUT2D eigenvalue weighted by Gasteiger charge is -2.37. The largest absolute Gasteiger partial charge is 0.456 e. The molecule has 71 heavy (non-hydrogen) atoms. The average molecular weight is 902 g/mol. The lowest BCUT2D eigenvalue weighted by Crippen LogP contribution is -2.30. The summed E-state index contributed by atoms with van der Waals surface area (Å²) in [7, 11) is 0. The van der Waals surface area contributed by atoms with Gasteiger partial charge in [-0.1, -0.05) is 218 Å². The van der Waals surface area contributed by atoms with Gasteiger partial charge in [0.1, 0.15) is 11.5 Å². The van der Waals surface area contributed by atoms with Crippen molar-refractivity contribution in [3.8, 4) is 78.3 Å². The highest BCUT2D eigenvalue weighted by atomic mass is 16.5.